The van der Waals surface area contributed by atoms with Crippen LogP contribution in [0.2, 0.25) is 0 Å². The van der Waals surface area contributed by atoms with Crippen LogP contribution in [0.4, 0.5) is 0 Å². The van der Waals surface area contributed by atoms with Gasteiger partial charge in [0.15, 0.2) is 0 Å². The topological polar surface area (TPSA) is 27.7 Å². The predicted octanol–water partition coefficient (Wildman–Crippen LogP) is 12.4. The van der Waals surface area contributed by atoms with Crippen molar-refractivity contribution in [2.45, 2.75) is 174 Å². The fourth-order valence-corrected chi connectivity index (χ4v) is 5.68. The Labute approximate surface area is 260 Å². The van der Waals surface area contributed by atoms with E-state index in [1.54, 1.807) is 0 Å². The molecule has 238 valence electrons. The van der Waals surface area contributed by atoms with Crippen molar-refractivity contribution in [3.8, 4) is 5.75 Å². The highest BCUT2D eigenvalue weighted by atomic mass is 17.2. The smallest absolute Gasteiger partial charge is 0.128 e. The first-order valence-corrected chi connectivity index (χ1v) is 17.8. The first-order valence-electron chi connectivity index (χ1n) is 17.8. The normalized spacial score (nSPS) is 12.8. The lowest BCUT2D eigenvalue weighted by Gasteiger charge is -2.26. The molecular weight excluding hydrogens is 516 g/mol. The fourth-order valence-electron chi connectivity index (χ4n) is 5.68. The lowest BCUT2D eigenvalue weighted by molar-refractivity contribution is -0.340. The number of hydrogen-bond acceptors (Lipinski definition) is 3. The molecule has 0 N–H and O–H groups in total. The number of benzene rings is 2. The average molecular weight is 581 g/mol. The van der Waals surface area contributed by atoms with Crippen LogP contribution in [0.5, 0.6) is 5.75 Å². The highest BCUT2D eigenvalue weighted by molar-refractivity contribution is 5.33. The summed E-state index contributed by atoms with van der Waals surface area (Å²) < 4.78 is 6.71. The summed E-state index contributed by atoms with van der Waals surface area (Å²) in [7, 11) is 0. The van der Waals surface area contributed by atoms with Crippen LogP contribution in [0.1, 0.15) is 160 Å². The van der Waals surface area contributed by atoms with Crippen molar-refractivity contribution in [1.29, 1.82) is 0 Å². The van der Waals surface area contributed by atoms with Crippen LogP contribution >= 0.6 is 0 Å². The maximum Gasteiger partial charge on any atom is 0.128 e. The highest BCUT2D eigenvalue weighted by Gasteiger charge is 2.22. The molecule has 0 aliphatic carbocycles. The lowest BCUT2D eigenvalue weighted by atomic mass is 10.0. The molecule has 0 heterocycles. The molecule has 0 aromatic heterocycles. The van der Waals surface area contributed by atoms with E-state index in [1.807, 2.05) is 18.2 Å². The Morgan fingerprint density at radius 2 is 1.05 bits per heavy atom. The number of rotatable bonds is 28. The van der Waals surface area contributed by atoms with E-state index in [0.717, 1.165) is 30.6 Å². The van der Waals surface area contributed by atoms with Gasteiger partial charge < -0.3 is 4.74 Å². The number of para-hydroxylation sites is 1. The molecule has 2 atom stereocenters. The molecule has 0 saturated heterocycles. The Bertz CT molecular complexity index is 852. The van der Waals surface area contributed by atoms with Gasteiger partial charge in [0.2, 0.25) is 0 Å². The summed E-state index contributed by atoms with van der Waals surface area (Å²) in [6, 6.07) is 18.8. The molecule has 2 rings (SSSR count). The molecule has 0 radical (unpaired) electrons. The first kappa shape index (κ1) is 36.4. The van der Waals surface area contributed by atoms with Gasteiger partial charge in [-0.15, -0.1) is 0 Å². The molecule has 2 aromatic rings. The predicted molar refractivity (Wildman–Crippen MR) is 180 cm³/mol. The zero-order valence-corrected chi connectivity index (χ0v) is 27.6. The van der Waals surface area contributed by atoms with Gasteiger partial charge in [-0.3, -0.25) is 0 Å². The number of unbranched alkanes of at least 4 members (excludes halogenated alkanes) is 17. The minimum atomic E-state index is -0.145. The molecule has 2 unspecified atom stereocenters. The Kier molecular flexibility index (Phi) is 22.2. The average Bonchev–Trinajstić information content (AvgIpc) is 3.01. The van der Waals surface area contributed by atoms with Crippen molar-refractivity contribution in [2.75, 3.05) is 0 Å². The van der Waals surface area contributed by atoms with Gasteiger partial charge in [-0.25, -0.2) is 9.78 Å². The monoisotopic (exact) mass is 580 g/mol. The number of aryl methyl sites for hydroxylation is 1. The van der Waals surface area contributed by atoms with E-state index in [9.17, 15) is 0 Å². The summed E-state index contributed by atoms with van der Waals surface area (Å²) in [5, 5.41) is 0. The molecule has 0 spiro atoms. The third-order valence-corrected chi connectivity index (χ3v) is 8.45. The van der Waals surface area contributed by atoms with Crippen LogP contribution < -0.4 is 4.74 Å². The maximum atomic E-state index is 6.71. The fraction of sp³-hybridized carbons (Fsp3) is 0.692. The molecule has 42 heavy (non-hydrogen) atoms. The van der Waals surface area contributed by atoms with Gasteiger partial charge >= 0.3 is 0 Å². The summed E-state index contributed by atoms with van der Waals surface area (Å²) in [5.41, 5.74) is 2.43. The third kappa shape index (κ3) is 18.0. The summed E-state index contributed by atoms with van der Waals surface area (Å²) in [6.45, 7) is 7.11. The van der Waals surface area contributed by atoms with Crippen molar-refractivity contribution >= 4 is 0 Å². The standard InChI is InChI=1S/C39H64O3/c1-4-6-8-10-12-13-14-15-16-17-18-20-25-32-38(35(3)42-40-34-36-28-22-21-23-29-36)41-39-33-27-26-31-37(39)30-24-19-11-9-7-5-2/h21-23,26-29,31,33,35,38H,4-20,24-25,30,32,34H2,1-3H3. The second-order valence-electron chi connectivity index (χ2n) is 12.4. The first-order chi connectivity index (χ1) is 20.7. The summed E-state index contributed by atoms with van der Waals surface area (Å²) >= 11 is 0. The van der Waals surface area contributed by atoms with Gasteiger partial charge in [0, 0.05) is 0 Å². The van der Waals surface area contributed by atoms with Gasteiger partial charge in [0.1, 0.15) is 24.6 Å². The van der Waals surface area contributed by atoms with Gasteiger partial charge in [-0.2, -0.15) is 0 Å². The molecule has 0 bridgehead atoms. The molecule has 3 heteroatoms. The van der Waals surface area contributed by atoms with Crippen LogP contribution in [0.25, 0.3) is 0 Å². The van der Waals surface area contributed by atoms with Gasteiger partial charge in [-0.1, -0.05) is 172 Å². The molecular formula is C39H64O3. The summed E-state index contributed by atoms with van der Waals surface area (Å²) in [5.74, 6) is 1.02. The molecule has 0 aliphatic rings. The summed E-state index contributed by atoms with van der Waals surface area (Å²) in [6.07, 6.45) is 27.5. The molecule has 0 saturated carbocycles. The minimum Gasteiger partial charge on any atom is -0.487 e. The largest absolute Gasteiger partial charge is 0.487 e. The van der Waals surface area contributed by atoms with Crippen molar-refractivity contribution in [2.24, 2.45) is 0 Å². The van der Waals surface area contributed by atoms with E-state index < -0.39 is 0 Å². The Morgan fingerprint density at radius 3 is 1.64 bits per heavy atom. The van der Waals surface area contributed by atoms with Crippen LogP contribution in [-0.4, -0.2) is 12.2 Å². The van der Waals surface area contributed by atoms with Crippen molar-refractivity contribution in [3.05, 3.63) is 65.7 Å². The van der Waals surface area contributed by atoms with Crippen molar-refractivity contribution in [3.63, 3.8) is 0 Å². The molecule has 0 aliphatic heterocycles. The van der Waals surface area contributed by atoms with Gasteiger partial charge in [0.25, 0.3) is 0 Å². The third-order valence-electron chi connectivity index (χ3n) is 8.45. The van der Waals surface area contributed by atoms with E-state index in [1.165, 1.54) is 121 Å². The molecule has 2 aromatic carbocycles. The highest BCUT2D eigenvalue weighted by Crippen LogP contribution is 2.26. The van der Waals surface area contributed by atoms with E-state index in [4.69, 9.17) is 14.5 Å². The van der Waals surface area contributed by atoms with Crippen LogP contribution in [-0.2, 0) is 22.8 Å². The number of hydrogen-bond donors (Lipinski definition) is 0. The van der Waals surface area contributed by atoms with E-state index in [2.05, 4.69) is 57.2 Å². The van der Waals surface area contributed by atoms with Gasteiger partial charge in [0.05, 0.1) is 0 Å². The summed E-state index contributed by atoms with van der Waals surface area (Å²) in [4.78, 5) is 11.6. The Hall–Kier alpha value is -1.84. The molecule has 0 fully saturated rings. The quantitative estimate of drug-likeness (QED) is 0.0569. The minimum absolute atomic E-state index is 0.0285. The van der Waals surface area contributed by atoms with E-state index >= 15 is 0 Å². The van der Waals surface area contributed by atoms with Gasteiger partial charge in [-0.05, 0) is 49.8 Å². The van der Waals surface area contributed by atoms with Crippen LogP contribution in [0.3, 0.4) is 0 Å². The molecule has 0 amide bonds. The van der Waals surface area contributed by atoms with Crippen molar-refractivity contribution < 1.29 is 14.5 Å². The SMILES string of the molecule is CCCCCCCCCCCCCCCC(Oc1ccccc1CCCCCCCC)C(C)OOCc1ccccc1. The van der Waals surface area contributed by atoms with Crippen LogP contribution in [0, 0.1) is 0 Å². The lowest BCUT2D eigenvalue weighted by Crippen LogP contribution is -2.32. The second-order valence-corrected chi connectivity index (χ2v) is 12.4. The Balaban J connectivity index is 1.77. The zero-order valence-electron chi connectivity index (χ0n) is 27.6. The maximum absolute atomic E-state index is 6.71. The van der Waals surface area contributed by atoms with Crippen LogP contribution in [0.15, 0.2) is 54.6 Å². The van der Waals surface area contributed by atoms with E-state index in [0.29, 0.717) is 6.61 Å². The number of ether oxygens (including phenoxy) is 1. The van der Waals surface area contributed by atoms with E-state index in [-0.39, 0.29) is 12.2 Å². The molecule has 3 nitrogen and oxygen atoms in total. The second kappa shape index (κ2) is 25.6. The zero-order chi connectivity index (χ0) is 29.9. The Morgan fingerprint density at radius 1 is 0.548 bits per heavy atom. The van der Waals surface area contributed by atoms with Crippen molar-refractivity contribution in [1.82, 2.24) is 0 Å².